The monoisotopic (exact) mass is 351 g/mol. The van der Waals surface area contributed by atoms with Gasteiger partial charge in [-0.2, -0.15) is 0 Å². The highest BCUT2D eigenvalue weighted by Gasteiger charge is 2.21. The third-order valence-electron chi connectivity index (χ3n) is 2.36. The van der Waals surface area contributed by atoms with Gasteiger partial charge >= 0.3 is 0 Å². The first-order valence-corrected chi connectivity index (χ1v) is 7.88. The van der Waals surface area contributed by atoms with Gasteiger partial charge in [0.15, 0.2) is 5.75 Å². The molecule has 20 heavy (non-hydrogen) atoms. The highest BCUT2D eigenvalue weighted by atomic mass is 35.5. The zero-order valence-electron chi connectivity index (χ0n) is 9.77. The molecule has 0 saturated heterocycles. The Hall–Kier alpha value is -1.14. The van der Waals surface area contributed by atoms with Crippen molar-refractivity contribution in [2.75, 3.05) is 4.72 Å². The van der Waals surface area contributed by atoms with Crippen LogP contribution in [0.4, 0.5) is 5.69 Å². The van der Waals surface area contributed by atoms with Gasteiger partial charge in [-0.3, -0.25) is 4.72 Å². The summed E-state index contributed by atoms with van der Waals surface area (Å²) in [6.45, 7) is 0. The van der Waals surface area contributed by atoms with Gasteiger partial charge in [0.25, 0.3) is 10.0 Å². The van der Waals surface area contributed by atoms with Crippen LogP contribution in [0.25, 0.3) is 0 Å². The lowest BCUT2D eigenvalue weighted by atomic mass is 10.3. The van der Waals surface area contributed by atoms with Gasteiger partial charge in [0.1, 0.15) is 4.90 Å². The van der Waals surface area contributed by atoms with E-state index in [2.05, 4.69) is 4.72 Å². The number of sulfonamides is 1. The number of benzene rings is 2. The predicted molar refractivity (Wildman–Crippen MR) is 80.4 cm³/mol. The van der Waals surface area contributed by atoms with Gasteiger partial charge in [-0.25, -0.2) is 8.42 Å². The van der Waals surface area contributed by atoms with Gasteiger partial charge in [0, 0.05) is 10.0 Å². The van der Waals surface area contributed by atoms with Crippen LogP contribution in [0.2, 0.25) is 15.1 Å². The summed E-state index contributed by atoms with van der Waals surface area (Å²) in [5.41, 5.74) is 0.257. The smallest absolute Gasteiger partial charge is 0.265 e. The molecule has 0 amide bonds. The van der Waals surface area contributed by atoms with E-state index in [0.29, 0.717) is 5.02 Å². The summed E-state index contributed by atoms with van der Waals surface area (Å²) in [6.07, 6.45) is 0. The second kappa shape index (κ2) is 5.69. The SMILES string of the molecule is O=S(=O)(Nc1cccc(Cl)c1)c1cc(Cl)cc(Cl)c1O. The van der Waals surface area contributed by atoms with Crippen LogP contribution in [0.15, 0.2) is 41.3 Å². The first-order chi connectivity index (χ1) is 9.29. The molecule has 8 heteroatoms. The van der Waals surface area contributed by atoms with Crippen LogP contribution in [-0.4, -0.2) is 13.5 Å². The number of rotatable bonds is 3. The topological polar surface area (TPSA) is 66.4 Å². The molecule has 2 N–H and O–H groups in total. The number of aromatic hydroxyl groups is 1. The van der Waals surface area contributed by atoms with E-state index in [1.54, 1.807) is 12.1 Å². The van der Waals surface area contributed by atoms with Crippen molar-refractivity contribution in [3.05, 3.63) is 51.5 Å². The molecule has 2 rings (SSSR count). The largest absolute Gasteiger partial charge is 0.505 e. The minimum absolute atomic E-state index is 0.0965. The van der Waals surface area contributed by atoms with E-state index in [4.69, 9.17) is 34.8 Å². The van der Waals surface area contributed by atoms with Crippen LogP contribution < -0.4 is 4.72 Å². The Kier molecular flexibility index (Phi) is 4.34. The molecule has 0 atom stereocenters. The van der Waals surface area contributed by atoms with Crippen LogP contribution in [0.3, 0.4) is 0 Å². The van der Waals surface area contributed by atoms with E-state index in [0.717, 1.165) is 6.07 Å². The quantitative estimate of drug-likeness (QED) is 0.872. The standard InChI is InChI=1S/C12H8Cl3NO3S/c13-7-2-1-3-9(4-7)16-20(18,19)11-6-8(14)5-10(15)12(11)17/h1-6,16-17H. The van der Waals surface area contributed by atoms with Crippen molar-refractivity contribution in [1.29, 1.82) is 0 Å². The number of phenolic OH excluding ortho intramolecular Hbond substituents is 1. The van der Waals surface area contributed by atoms with E-state index in [1.165, 1.54) is 18.2 Å². The van der Waals surface area contributed by atoms with Gasteiger partial charge in [-0.1, -0.05) is 40.9 Å². The molecular formula is C12H8Cl3NO3S. The van der Waals surface area contributed by atoms with E-state index in [1.807, 2.05) is 0 Å². The second-order valence-corrected chi connectivity index (χ2v) is 6.78. The van der Waals surface area contributed by atoms with E-state index in [-0.39, 0.29) is 15.7 Å². The molecule has 0 aliphatic carbocycles. The van der Waals surface area contributed by atoms with Gasteiger partial charge in [-0.15, -0.1) is 0 Å². The third-order valence-corrected chi connectivity index (χ3v) is 4.50. The van der Waals surface area contributed by atoms with Crippen molar-refractivity contribution < 1.29 is 13.5 Å². The maximum Gasteiger partial charge on any atom is 0.265 e. The predicted octanol–water partition coefficient (Wildman–Crippen LogP) is 4.15. The molecule has 2 aromatic carbocycles. The summed E-state index contributed by atoms with van der Waals surface area (Å²) >= 11 is 17.2. The first-order valence-electron chi connectivity index (χ1n) is 5.26. The van der Waals surface area contributed by atoms with Crippen molar-refractivity contribution >= 4 is 50.5 Å². The van der Waals surface area contributed by atoms with E-state index in [9.17, 15) is 13.5 Å². The fourth-order valence-electron chi connectivity index (χ4n) is 1.51. The van der Waals surface area contributed by atoms with Crippen LogP contribution in [-0.2, 0) is 10.0 Å². The van der Waals surface area contributed by atoms with Crippen LogP contribution >= 0.6 is 34.8 Å². The molecule has 0 bridgehead atoms. The van der Waals surface area contributed by atoms with Crippen LogP contribution in [0, 0.1) is 0 Å². The highest BCUT2D eigenvalue weighted by molar-refractivity contribution is 7.92. The van der Waals surface area contributed by atoms with Gasteiger partial charge < -0.3 is 5.11 Å². The molecule has 0 saturated carbocycles. The van der Waals surface area contributed by atoms with Crippen molar-refractivity contribution in [2.45, 2.75) is 4.90 Å². The number of hydrogen-bond donors (Lipinski definition) is 2. The number of nitrogens with one attached hydrogen (secondary N) is 1. The van der Waals surface area contributed by atoms with Crippen molar-refractivity contribution in [3.8, 4) is 5.75 Å². The molecule has 2 aromatic rings. The van der Waals surface area contributed by atoms with Crippen LogP contribution in [0.1, 0.15) is 0 Å². The summed E-state index contributed by atoms with van der Waals surface area (Å²) < 4.78 is 26.7. The Morgan fingerprint density at radius 1 is 1.00 bits per heavy atom. The molecule has 0 aliphatic rings. The second-order valence-electron chi connectivity index (χ2n) is 3.85. The normalized spacial score (nSPS) is 11.3. The van der Waals surface area contributed by atoms with E-state index < -0.39 is 20.7 Å². The van der Waals surface area contributed by atoms with Crippen molar-refractivity contribution in [2.24, 2.45) is 0 Å². The average molecular weight is 353 g/mol. The molecule has 4 nitrogen and oxygen atoms in total. The maximum atomic E-state index is 12.2. The molecule has 0 spiro atoms. The maximum absolute atomic E-state index is 12.2. The zero-order chi connectivity index (χ0) is 14.9. The van der Waals surface area contributed by atoms with Gasteiger partial charge in [-0.05, 0) is 30.3 Å². The van der Waals surface area contributed by atoms with Gasteiger partial charge in [0.2, 0.25) is 0 Å². The van der Waals surface area contributed by atoms with Crippen molar-refractivity contribution in [1.82, 2.24) is 0 Å². The molecule has 0 heterocycles. The fraction of sp³-hybridized carbons (Fsp3) is 0. The Labute approximate surface area is 131 Å². The molecule has 0 aromatic heterocycles. The minimum Gasteiger partial charge on any atom is -0.505 e. The summed E-state index contributed by atoms with van der Waals surface area (Å²) in [5.74, 6) is -0.564. The summed E-state index contributed by atoms with van der Waals surface area (Å²) in [6, 6.07) is 8.50. The fourth-order valence-corrected chi connectivity index (χ4v) is 3.51. The number of halogens is 3. The lowest BCUT2D eigenvalue weighted by Crippen LogP contribution is -2.13. The van der Waals surface area contributed by atoms with Gasteiger partial charge in [0.05, 0.1) is 10.7 Å². The third kappa shape index (κ3) is 3.30. The Morgan fingerprint density at radius 2 is 1.70 bits per heavy atom. The minimum atomic E-state index is -4.03. The molecular weight excluding hydrogens is 345 g/mol. The Bertz CT molecular complexity index is 763. The summed E-state index contributed by atoms with van der Waals surface area (Å²) in [7, 11) is -4.03. The molecule has 0 aliphatic heterocycles. The summed E-state index contributed by atoms with van der Waals surface area (Å²) in [5, 5.41) is 10.1. The average Bonchev–Trinajstić information content (AvgIpc) is 2.33. The number of phenols is 1. The molecule has 106 valence electrons. The van der Waals surface area contributed by atoms with E-state index >= 15 is 0 Å². The first kappa shape index (κ1) is 15.3. The molecule has 0 radical (unpaired) electrons. The lowest BCUT2D eigenvalue weighted by molar-refractivity contribution is 0.459. The zero-order valence-corrected chi connectivity index (χ0v) is 12.9. The van der Waals surface area contributed by atoms with Crippen molar-refractivity contribution in [3.63, 3.8) is 0 Å². The number of hydrogen-bond acceptors (Lipinski definition) is 3. The molecule has 0 fully saturated rings. The Morgan fingerprint density at radius 3 is 2.35 bits per heavy atom. The Balaban J connectivity index is 2.46. The summed E-state index contributed by atoms with van der Waals surface area (Å²) in [4.78, 5) is -0.407. The molecule has 0 unspecified atom stereocenters. The number of anilines is 1. The highest BCUT2D eigenvalue weighted by Crippen LogP contribution is 2.35. The lowest BCUT2D eigenvalue weighted by Gasteiger charge is -2.11. The van der Waals surface area contributed by atoms with Crippen LogP contribution in [0.5, 0.6) is 5.75 Å².